The highest BCUT2D eigenvalue weighted by molar-refractivity contribution is 5.88. The summed E-state index contributed by atoms with van der Waals surface area (Å²) in [5.74, 6) is 0.636. The number of fused-ring (bicyclic) bond motifs is 1. The zero-order valence-electron chi connectivity index (χ0n) is 9.10. The topological polar surface area (TPSA) is 95.6 Å². The predicted molar refractivity (Wildman–Crippen MR) is 61.3 cm³/mol. The molecule has 88 valence electrons. The van der Waals surface area contributed by atoms with E-state index in [1.165, 1.54) is 6.33 Å². The Balaban J connectivity index is 1.89. The van der Waals surface area contributed by atoms with Crippen LogP contribution in [-0.2, 0) is 4.79 Å². The number of aromatic nitrogens is 4. The molecular formula is C10H12N6O. The van der Waals surface area contributed by atoms with E-state index in [0.29, 0.717) is 11.5 Å². The van der Waals surface area contributed by atoms with Crippen molar-refractivity contribution in [2.45, 2.75) is 18.9 Å². The number of imidazole rings is 1. The van der Waals surface area contributed by atoms with Crippen LogP contribution in [0.2, 0.25) is 0 Å². The molecule has 1 amide bonds. The SMILES string of the molecule is O=C1NCCCC1Nc1ncnc2nc[nH]c12. The molecule has 1 saturated heterocycles. The standard InChI is InChI=1S/C10H12N6O/c17-10-6(2-1-3-11-10)16-9-7-8(13-4-12-7)14-5-15-9/h4-6H,1-3H2,(H,11,17)(H2,12,13,14,15,16). The summed E-state index contributed by atoms with van der Waals surface area (Å²) in [5, 5.41) is 5.95. The van der Waals surface area contributed by atoms with Gasteiger partial charge in [-0.2, -0.15) is 0 Å². The van der Waals surface area contributed by atoms with Crippen molar-refractivity contribution in [2.24, 2.45) is 0 Å². The molecule has 2 aromatic heterocycles. The van der Waals surface area contributed by atoms with Crippen molar-refractivity contribution in [1.82, 2.24) is 25.3 Å². The van der Waals surface area contributed by atoms with Crippen molar-refractivity contribution in [3.05, 3.63) is 12.7 Å². The van der Waals surface area contributed by atoms with Gasteiger partial charge >= 0.3 is 0 Å². The number of hydrogen-bond donors (Lipinski definition) is 3. The van der Waals surface area contributed by atoms with Gasteiger partial charge in [-0.05, 0) is 12.8 Å². The average molecular weight is 232 g/mol. The Hall–Kier alpha value is -2.18. The molecule has 0 spiro atoms. The fourth-order valence-corrected chi connectivity index (χ4v) is 1.95. The number of carbonyl (C=O) groups excluding carboxylic acids is 1. The van der Waals surface area contributed by atoms with Gasteiger partial charge in [0.1, 0.15) is 17.9 Å². The first-order chi connectivity index (χ1) is 8.34. The van der Waals surface area contributed by atoms with Crippen molar-refractivity contribution in [3.63, 3.8) is 0 Å². The summed E-state index contributed by atoms with van der Waals surface area (Å²) in [4.78, 5) is 26.8. The zero-order chi connectivity index (χ0) is 11.7. The molecule has 7 nitrogen and oxygen atoms in total. The Kier molecular flexibility index (Phi) is 2.36. The van der Waals surface area contributed by atoms with Crippen LogP contribution >= 0.6 is 0 Å². The summed E-state index contributed by atoms with van der Waals surface area (Å²) in [6.45, 7) is 0.750. The van der Waals surface area contributed by atoms with E-state index in [1.54, 1.807) is 6.33 Å². The van der Waals surface area contributed by atoms with Gasteiger partial charge in [-0.1, -0.05) is 0 Å². The molecule has 1 fully saturated rings. The van der Waals surface area contributed by atoms with E-state index in [1.807, 2.05) is 0 Å². The van der Waals surface area contributed by atoms with Crippen LogP contribution in [0.1, 0.15) is 12.8 Å². The molecular weight excluding hydrogens is 220 g/mol. The van der Waals surface area contributed by atoms with Crippen LogP contribution in [0.15, 0.2) is 12.7 Å². The first kappa shape index (κ1) is 10.0. The van der Waals surface area contributed by atoms with Gasteiger partial charge in [0.2, 0.25) is 5.91 Å². The monoisotopic (exact) mass is 232 g/mol. The predicted octanol–water partition coefficient (Wildman–Crippen LogP) is 0.0434. The summed E-state index contributed by atoms with van der Waals surface area (Å²) in [5.41, 5.74) is 1.32. The van der Waals surface area contributed by atoms with E-state index in [0.717, 1.165) is 24.9 Å². The van der Waals surface area contributed by atoms with E-state index >= 15 is 0 Å². The highest BCUT2D eigenvalue weighted by Gasteiger charge is 2.22. The molecule has 17 heavy (non-hydrogen) atoms. The molecule has 2 aromatic rings. The van der Waals surface area contributed by atoms with Crippen molar-refractivity contribution < 1.29 is 4.79 Å². The third-order valence-corrected chi connectivity index (χ3v) is 2.82. The zero-order valence-corrected chi connectivity index (χ0v) is 9.10. The molecule has 7 heteroatoms. The number of piperidine rings is 1. The van der Waals surface area contributed by atoms with Gasteiger partial charge in [0, 0.05) is 6.54 Å². The molecule has 1 unspecified atom stereocenters. The molecule has 3 N–H and O–H groups in total. The highest BCUT2D eigenvalue weighted by atomic mass is 16.2. The summed E-state index contributed by atoms with van der Waals surface area (Å²) in [7, 11) is 0. The Morgan fingerprint density at radius 1 is 1.35 bits per heavy atom. The quantitative estimate of drug-likeness (QED) is 0.679. The van der Waals surface area contributed by atoms with Gasteiger partial charge in [-0.25, -0.2) is 15.0 Å². The lowest BCUT2D eigenvalue weighted by Gasteiger charge is -2.23. The minimum atomic E-state index is -0.231. The summed E-state index contributed by atoms with van der Waals surface area (Å²) >= 11 is 0. The second-order valence-electron chi connectivity index (χ2n) is 3.95. The summed E-state index contributed by atoms with van der Waals surface area (Å²) < 4.78 is 0. The Morgan fingerprint density at radius 3 is 3.18 bits per heavy atom. The summed E-state index contributed by atoms with van der Waals surface area (Å²) in [6.07, 6.45) is 4.78. The van der Waals surface area contributed by atoms with E-state index in [4.69, 9.17) is 0 Å². The minimum absolute atomic E-state index is 0.0162. The molecule has 1 aliphatic heterocycles. The Bertz CT molecular complexity index is 550. The molecule has 0 bridgehead atoms. The first-order valence-corrected chi connectivity index (χ1v) is 5.53. The molecule has 0 saturated carbocycles. The largest absolute Gasteiger partial charge is 0.356 e. The fraction of sp³-hybridized carbons (Fsp3) is 0.400. The van der Waals surface area contributed by atoms with E-state index in [2.05, 4.69) is 30.6 Å². The van der Waals surface area contributed by atoms with Crippen LogP contribution in [0.25, 0.3) is 11.2 Å². The number of H-pyrrole nitrogens is 1. The van der Waals surface area contributed by atoms with Crippen LogP contribution in [0, 0.1) is 0 Å². The third kappa shape index (κ3) is 1.79. The number of nitrogens with zero attached hydrogens (tertiary/aromatic N) is 3. The van der Waals surface area contributed by atoms with Gasteiger partial charge in [-0.3, -0.25) is 4.79 Å². The fourth-order valence-electron chi connectivity index (χ4n) is 1.95. The number of amides is 1. The van der Waals surface area contributed by atoms with E-state index in [9.17, 15) is 4.79 Å². The van der Waals surface area contributed by atoms with Crippen LogP contribution < -0.4 is 10.6 Å². The van der Waals surface area contributed by atoms with Gasteiger partial charge in [0.15, 0.2) is 11.5 Å². The average Bonchev–Trinajstić information content (AvgIpc) is 2.81. The highest BCUT2D eigenvalue weighted by Crippen LogP contribution is 2.17. The number of rotatable bonds is 2. The lowest BCUT2D eigenvalue weighted by atomic mass is 10.1. The number of nitrogens with one attached hydrogen (secondary N) is 3. The van der Waals surface area contributed by atoms with Crippen LogP contribution in [0.3, 0.4) is 0 Å². The van der Waals surface area contributed by atoms with Crippen LogP contribution in [0.4, 0.5) is 5.82 Å². The minimum Gasteiger partial charge on any atom is -0.356 e. The maximum Gasteiger partial charge on any atom is 0.242 e. The number of carbonyl (C=O) groups is 1. The molecule has 0 aliphatic carbocycles. The maximum atomic E-state index is 11.6. The van der Waals surface area contributed by atoms with Crippen molar-refractivity contribution in [2.75, 3.05) is 11.9 Å². The van der Waals surface area contributed by atoms with Crippen molar-refractivity contribution >= 4 is 22.9 Å². The Morgan fingerprint density at radius 2 is 2.29 bits per heavy atom. The van der Waals surface area contributed by atoms with E-state index in [-0.39, 0.29) is 11.9 Å². The maximum absolute atomic E-state index is 11.6. The number of anilines is 1. The smallest absolute Gasteiger partial charge is 0.242 e. The molecule has 0 radical (unpaired) electrons. The normalized spacial score (nSPS) is 20.2. The van der Waals surface area contributed by atoms with Crippen molar-refractivity contribution in [3.8, 4) is 0 Å². The van der Waals surface area contributed by atoms with Crippen molar-refractivity contribution in [1.29, 1.82) is 0 Å². The lowest BCUT2D eigenvalue weighted by molar-refractivity contribution is -0.123. The van der Waals surface area contributed by atoms with Crippen LogP contribution in [0.5, 0.6) is 0 Å². The Labute approximate surface area is 97.1 Å². The molecule has 1 atom stereocenters. The number of aromatic amines is 1. The van der Waals surface area contributed by atoms with Gasteiger partial charge < -0.3 is 15.6 Å². The lowest BCUT2D eigenvalue weighted by Crippen LogP contribution is -2.44. The number of hydrogen-bond acceptors (Lipinski definition) is 5. The molecule has 3 heterocycles. The molecule has 3 rings (SSSR count). The molecule has 1 aliphatic rings. The van der Waals surface area contributed by atoms with Gasteiger partial charge in [0.05, 0.1) is 6.33 Å². The second kappa shape index (κ2) is 4.00. The van der Waals surface area contributed by atoms with Crippen LogP contribution in [-0.4, -0.2) is 38.4 Å². The van der Waals surface area contributed by atoms with E-state index < -0.39 is 0 Å². The first-order valence-electron chi connectivity index (χ1n) is 5.53. The second-order valence-corrected chi connectivity index (χ2v) is 3.95. The summed E-state index contributed by atoms with van der Waals surface area (Å²) in [6, 6.07) is -0.231. The molecule has 0 aromatic carbocycles. The third-order valence-electron chi connectivity index (χ3n) is 2.82. The van der Waals surface area contributed by atoms with Gasteiger partial charge in [0.25, 0.3) is 0 Å². The van der Waals surface area contributed by atoms with Gasteiger partial charge in [-0.15, -0.1) is 0 Å².